The maximum Gasteiger partial charge on any atom is 0.435 e. The van der Waals surface area contributed by atoms with Crippen molar-refractivity contribution < 1.29 is 23.8 Å². The lowest BCUT2D eigenvalue weighted by Gasteiger charge is -2.34. The zero-order valence-corrected chi connectivity index (χ0v) is 16.3. The van der Waals surface area contributed by atoms with Crippen LogP contribution in [0.3, 0.4) is 0 Å². The minimum absolute atomic E-state index is 0.202. The normalized spacial score (nSPS) is 15.7. The molecular weight excluding hydrogens is 340 g/mol. The van der Waals surface area contributed by atoms with Crippen LogP contribution in [0.4, 0.5) is 15.4 Å². The number of fused-ring (bicyclic) bond motifs is 1. The predicted octanol–water partition coefficient (Wildman–Crippen LogP) is 2.47. The Hall–Kier alpha value is -2.29. The quantitative estimate of drug-likeness (QED) is 0.813. The first-order valence-electron chi connectivity index (χ1n) is 8.53. The van der Waals surface area contributed by atoms with Crippen LogP contribution >= 0.6 is 0 Å². The molecule has 0 unspecified atom stereocenters. The van der Waals surface area contributed by atoms with Crippen LogP contribution in [0, 0.1) is 0 Å². The van der Waals surface area contributed by atoms with Gasteiger partial charge < -0.3 is 19.9 Å². The van der Waals surface area contributed by atoms with Crippen LogP contribution in [0.5, 0.6) is 0 Å². The third kappa shape index (κ3) is 3.92. The lowest BCUT2D eigenvalue weighted by Crippen LogP contribution is -2.44. The van der Waals surface area contributed by atoms with Crippen molar-refractivity contribution in [3.05, 3.63) is 11.3 Å². The molecule has 0 aromatic carbocycles. The Kier molecular flexibility index (Phi) is 5.50. The number of nitrogen functional groups attached to an aromatic ring is 1. The molecule has 0 spiro atoms. The number of anilines is 1. The standard InChI is InChI=1S/C17H28N4O5/c1-16(2,3)26-14(22)20-10-11-12(17(20,4)5)21(19-13(11)18)15(23)25-9-7-8-24-6/h7-10H2,1-6H3,(H2,18,19). The molecule has 0 fully saturated rings. The van der Waals surface area contributed by atoms with Gasteiger partial charge in [-0.3, -0.25) is 4.90 Å². The molecule has 2 rings (SSSR count). The van der Waals surface area contributed by atoms with Gasteiger partial charge in [-0.05, 0) is 34.6 Å². The molecule has 2 heterocycles. The molecule has 9 nitrogen and oxygen atoms in total. The Morgan fingerprint density at radius 1 is 1.23 bits per heavy atom. The second-order valence-electron chi connectivity index (χ2n) is 7.71. The fourth-order valence-electron chi connectivity index (χ4n) is 2.90. The van der Waals surface area contributed by atoms with Gasteiger partial charge in [0.25, 0.3) is 0 Å². The minimum Gasteiger partial charge on any atom is -0.448 e. The first-order valence-corrected chi connectivity index (χ1v) is 8.53. The van der Waals surface area contributed by atoms with E-state index in [0.717, 1.165) is 4.68 Å². The summed E-state index contributed by atoms with van der Waals surface area (Å²) in [6.45, 7) is 9.96. The van der Waals surface area contributed by atoms with Crippen molar-refractivity contribution in [2.45, 2.75) is 58.7 Å². The molecule has 0 radical (unpaired) electrons. The molecule has 0 aliphatic carbocycles. The van der Waals surface area contributed by atoms with Crippen LogP contribution in [0.15, 0.2) is 0 Å². The smallest absolute Gasteiger partial charge is 0.435 e. The van der Waals surface area contributed by atoms with Gasteiger partial charge >= 0.3 is 12.2 Å². The van der Waals surface area contributed by atoms with E-state index in [4.69, 9.17) is 19.9 Å². The monoisotopic (exact) mass is 368 g/mol. The summed E-state index contributed by atoms with van der Waals surface area (Å²) in [6.07, 6.45) is -0.527. The zero-order chi connectivity index (χ0) is 19.7. The van der Waals surface area contributed by atoms with Crippen molar-refractivity contribution >= 4 is 18.0 Å². The average molecular weight is 368 g/mol. The number of rotatable bonds is 4. The molecule has 2 N–H and O–H groups in total. The van der Waals surface area contributed by atoms with Crippen LogP contribution in [-0.4, -0.2) is 52.8 Å². The van der Waals surface area contributed by atoms with Crippen molar-refractivity contribution in [3.63, 3.8) is 0 Å². The van der Waals surface area contributed by atoms with Crippen molar-refractivity contribution in [2.75, 3.05) is 26.1 Å². The van der Waals surface area contributed by atoms with Gasteiger partial charge in [-0.15, -0.1) is 5.10 Å². The summed E-state index contributed by atoms with van der Waals surface area (Å²) < 4.78 is 16.8. The number of hydrogen-bond donors (Lipinski definition) is 1. The van der Waals surface area contributed by atoms with E-state index < -0.39 is 23.3 Å². The maximum atomic E-state index is 12.6. The fourth-order valence-corrected chi connectivity index (χ4v) is 2.90. The number of carbonyl (C=O) groups is 2. The fraction of sp³-hybridized carbons (Fsp3) is 0.706. The zero-order valence-electron chi connectivity index (χ0n) is 16.3. The number of aromatic nitrogens is 2. The van der Waals surface area contributed by atoms with Crippen LogP contribution in [-0.2, 0) is 26.3 Å². The topological polar surface area (TPSA) is 109 Å². The molecule has 0 saturated carbocycles. The number of nitrogens with zero attached hydrogens (tertiary/aromatic N) is 3. The Bertz CT molecular complexity index is 690. The molecule has 0 saturated heterocycles. The summed E-state index contributed by atoms with van der Waals surface area (Å²) in [5.74, 6) is 0.202. The van der Waals surface area contributed by atoms with E-state index in [1.54, 1.807) is 27.9 Å². The number of carbonyl (C=O) groups excluding carboxylic acids is 2. The van der Waals surface area contributed by atoms with Crippen LogP contribution in [0.25, 0.3) is 0 Å². The molecule has 1 amide bonds. The summed E-state index contributed by atoms with van der Waals surface area (Å²) in [6, 6.07) is 0. The lowest BCUT2D eigenvalue weighted by molar-refractivity contribution is 0.00384. The highest BCUT2D eigenvalue weighted by Gasteiger charge is 2.47. The Morgan fingerprint density at radius 3 is 2.46 bits per heavy atom. The van der Waals surface area contributed by atoms with Gasteiger partial charge in [0.05, 0.1) is 24.4 Å². The number of methoxy groups -OCH3 is 1. The average Bonchev–Trinajstić information content (AvgIpc) is 2.98. The lowest BCUT2D eigenvalue weighted by atomic mass is 10.0. The number of nitrogens with two attached hydrogens (primary N) is 1. The molecule has 0 bridgehead atoms. The van der Waals surface area contributed by atoms with E-state index in [9.17, 15) is 9.59 Å². The van der Waals surface area contributed by atoms with Gasteiger partial charge in [0.2, 0.25) is 0 Å². The van der Waals surface area contributed by atoms with E-state index in [-0.39, 0.29) is 19.0 Å². The molecule has 1 aromatic heterocycles. The van der Waals surface area contributed by atoms with Gasteiger partial charge in [-0.2, -0.15) is 4.68 Å². The maximum absolute atomic E-state index is 12.6. The largest absolute Gasteiger partial charge is 0.448 e. The molecule has 1 aromatic rings. The van der Waals surface area contributed by atoms with E-state index in [0.29, 0.717) is 24.3 Å². The molecule has 1 aliphatic rings. The molecule has 0 atom stereocenters. The molecule has 1 aliphatic heterocycles. The Labute approximate surface area is 153 Å². The highest BCUT2D eigenvalue weighted by atomic mass is 16.6. The third-order valence-electron chi connectivity index (χ3n) is 4.09. The summed E-state index contributed by atoms with van der Waals surface area (Å²) in [5.41, 5.74) is 5.70. The molecular formula is C17H28N4O5. The van der Waals surface area contributed by atoms with E-state index in [1.807, 2.05) is 13.8 Å². The van der Waals surface area contributed by atoms with Gasteiger partial charge in [-0.1, -0.05) is 0 Å². The first kappa shape index (κ1) is 20.0. The van der Waals surface area contributed by atoms with Gasteiger partial charge in [0.15, 0.2) is 5.82 Å². The Balaban J connectivity index is 2.24. The third-order valence-corrected chi connectivity index (χ3v) is 4.09. The minimum atomic E-state index is -0.826. The molecule has 146 valence electrons. The SMILES string of the molecule is COCCCOC(=O)n1nc(N)c2c1C(C)(C)N(C(=O)OC(C)(C)C)C2. The molecule has 26 heavy (non-hydrogen) atoms. The summed E-state index contributed by atoms with van der Waals surface area (Å²) in [7, 11) is 1.58. The van der Waals surface area contributed by atoms with Crippen LogP contribution in [0.2, 0.25) is 0 Å². The first-order chi connectivity index (χ1) is 12.0. The predicted molar refractivity (Wildman–Crippen MR) is 94.7 cm³/mol. The second kappa shape index (κ2) is 7.14. The Morgan fingerprint density at radius 2 is 1.88 bits per heavy atom. The second-order valence-corrected chi connectivity index (χ2v) is 7.71. The van der Waals surface area contributed by atoms with Gasteiger partial charge in [0, 0.05) is 25.7 Å². The summed E-state index contributed by atoms with van der Waals surface area (Å²) in [4.78, 5) is 26.5. The highest BCUT2D eigenvalue weighted by Crippen LogP contribution is 2.42. The number of amides is 1. The van der Waals surface area contributed by atoms with Crippen molar-refractivity contribution in [1.29, 1.82) is 0 Å². The van der Waals surface area contributed by atoms with Crippen molar-refractivity contribution in [1.82, 2.24) is 14.7 Å². The number of ether oxygens (including phenoxy) is 3. The molecule has 9 heteroatoms. The van der Waals surface area contributed by atoms with Crippen LogP contribution < -0.4 is 5.73 Å². The van der Waals surface area contributed by atoms with Crippen molar-refractivity contribution in [2.24, 2.45) is 0 Å². The summed E-state index contributed by atoms with van der Waals surface area (Å²) in [5, 5.41) is 4.10. The van der Waals surface area contributed by atoms with Gasteiger partial charge in [-0.25, -0.2) is 9.59 Å². The number of hydrogen-bond acceptors (Lipinski definition) is 7. The van der Waals surface area contributed by atoms with Crippen molar-refractivity contribution in [3.8, 4) is 0 Å². The van der Waals surface area contributed by atoms with Crippen LogP contribution in [0.1, 0.15) is 52.3 Å². The van der Waals surface area contributed by atoms with E-state index in [1.165, 1.54) is 4.90 Å². The van der Waals surface area contributed by atoms with E-state index >= 15 is 0 Å². The summed E-state index contributed by atoms with van der Waals surface area (Å²) >= 11 is 0. The van der Waals surface area contributed by atoms with E-state index in [2.05, 4.69) is 5.10 Å². The highest BCUT2D eigenvalue weighted by molar-refractivity contribution is 5.76. The van der Waals surface area contributed by atoms with Gasteiger partial charge in [0.1, 0.15) is 5.60 Å².